The van der Waals surface area contributed by atoms with Crippen molar-refractivity contribution in [2.75, 3.05) is 24.5 Å². The Kier molecular flexibility index (Phi) is 10.8. The second-order valence-corrected chi connectivity index (χ2v) is 16.1. The number of piperidine rings is 1. The topological polar surface area (TPSA) is 92.2 Å². The molecule has 0 unspecified atom stereocenters. The van der Waals surface area contributed by atoms with Crippen molar-refractivity contribution in [3.63, 3.8) is 0 Å². The molecule has 1 saturated heterocycles. The van der Waals surface area contributed by atoms with Crippen molar-refractivity contribution < 1.29 is 24.2 Å². The molecule has 1 aromatic heterocycles. The lowest BCUT2D eigenvalue weighted by Gasteiger charge is -2.41. The molecule has 1 N–H and O–H groups in total. The lowest BCUT2D eigenvalue weighted by molar-refractivity contribution is -0.171. The summed E-state index contributed by atoms with van der Waals surface area (Å²) in [4.78, 5) is 36.2. The summed E-state index contributed by atoms with van der Waals surface area (Å²) in [6, 6.07) is 12.3. The number of hydrogen-bond acceptors (Lipinski definition) is 7. The van der Waals surface area contributed by atoms with Crippen LogP contribution in [0.1, 0.15) is 111 Å². The molecule has 264 valence electrons. The zero-order chi connectivity index (χ0) is 35.8. The van der Waals surface area contributed by atoms with E-state index < -0.39 is 23.6 Å². The highest BCUT2D eigenvalue weighted by Gasteiger charge is 2.39. The zero-order valence-corrected chi connectivity index (χ0v) is 31.3. The molecule has 1 atom stereocenters. The molecule has 49 heavy (non-hydrogen) atoms. The van der Waals surface area contributed by atoms with E-state index in [9.17, 15) is 14.7 Å². The number of esters is 1. The summed E-state index contributed by atoms with van der Waals surface area (Å²) in [6.45, 7) is 21.5. The fourth-order valence-corrected chi connectivity index (χ4v) is 7.25. The van der Waals surface area contributed by atoms with Gasteiger partial charge in [0.1, 0.15) is 0 Å². The van der Waals surface area contributed by atoms with Gasteiger partial charge in [-0.1, -0.05) is 55.8 Å². The number of aryl methyl sites for hydroxylation is 2. The van der Waals surface area contributed by atoms with Crippen molar-refractivity contribution in [1.82, 2.24) is 9.88 Å². The Morgan fingerprint density at radius 1 is 1.04 bits per heavy atom. The maximum atomic E-state index is 13.9. The van der Waals surface area contributed by atoms with Gasteiger partial charge in [-0.25, -0.2) is 14.6 Å². The van der Waals surface area contributed by atoms with Gasteiger partial charge in [0.25, 0.3) is 0 Å². The van der Waals surface area contributed by atoms with Gasteiger partial charge >= 0.3 is 11.9 Å². The van der Waals surface area contributed by atoms with Crippen LogP contribution in [0.4, 0.5) is 5.69 Å². The highest BCUT2D eigenvalue weighted by Crippen LogP contribution is 2.46. The number of anilines is 1. The van der Waals surface area contributed by atoms with Gasteiger partial charge in [0.15, 0.2) is 11.8 Å². The first-order chi connectivity index (χ1) is 22.9. The van der Waals surface area contributed by atoms with Crippen LogP contribution < -0.4 is 4.90 Å². The molecule has 9 heteroatoms. The van der Waals surface area contributed by atoms with Gasteiger partial charge in [0.05, 0.1) is 17.4 Å². The number of halogens is 1. The largest absolute Gasteiger partial charge is 0.476 e. The van der Waals surface area contributed by atoms with E-state index in [0.717, 1.165) is 55.0 Å². The van der Waals surface area contributed by atoms with Crippen LogP contribution in [0.15, 0.2) is 36.4 Å². The number of aromatic nitrogens is 1. The summed E-state index contributed by atoms with van der Waals surface area (Å²) < 4.78 is 12.3. The number of rotatable bonds is 9. The second kappa shape index (κ2) is 14.4. The van der Waals surface area contributed by atoms with Crippen LogP contribution in [0.5, 0.6) is 0 Å². The highest BCUT2D eigenvalue weighted by atomic mass is 35.5. The number of aromatic carboxylic acids is 1. The lowest BCUT2D eigenvalue weighted by atomic mass is 9.81. The predicted octanol–water partition coefficient (Wildman–Crippen LogP) is 8.71. The van der Waals surface area contributed by atoms with Crippen molar-refractivity contribution >= 4 is 29.2 Å². The fourth-order valence-electron chi connectivity index (χ4n) is 6.97. The second-order valence-electron chi connectivity index (χ2n) is 15.7. The van der Waals surface area contributed by atoms with Crippen LogP contribution in [0.3, 0.4) is 0 Å². The van der Waals surface area contributed by atoms with Crippen molar-refractivity contribution in [3.8, 4) is 11.1 Å². The Bertz CT molecular complexity index is 1700. The third-order valence-corrected chi connectivity index (χ3v) is 10.0. The van der Waals surface area contributed by atoms with Crippen LogP contribution >= 0.6 is 11.6 Å². The predicted molar refractivity (Wildman–Crippen MR) is 195 cm³/mol. The fraction of sp³-hybridized carbons (Fsp3) is 0.525. The van der Waals surface area contributed by atoms with E-state index in [0.29, 0.717) is 35.6 Å². The molecule has 3 heterocycles. The molecule has 0 radical (unpaired) electrons. The van der Waals surface area contributed by atoms with Gasteiger partial charge in [0.2, 0.25) is 0 Å². The highest BCUT2D eigenvalue weighted by molar-refractivity contribution is 6.31. The molecule has 5 rings (SSSR count). The van der Waals surface area contributed by atoms with Gasteiger partial charge in [0, 0.05) is 54.6 Å². The average Bonchev–Trinajstić information content (AvgIpc) is 3.00. The summed E-state index contributed by atoms with van der Waals surface area (Å²) in [5, 5.41) is 11.4. The van der Waals surface area contributed by atoms with Gasteiger partial charge in [-0.15, -0.1) is 0 Å². The third-order valence-electron chi connectivity index (χ3n) is 9.65. The minimum Gasteiger partial charge on any atom is -0.476 e. The number of carbonyl (C=O) groups is 2. The van der Waals surface area contributed by atoms with Gasteiger partial charge in [-0.3, -0.25) is 4.90 Å². The summed E-state index contributed by atoms with van der Waals surface area (Å²) >= 11 is 6.58. The number of carboxylic acid groups (broad SMARTS) is 1. The van der Waals surface area contributed by atoms with Crippen molar-refractivity contribution in [3.05, 3.63) is 80.6 Å². The smallest absolute Gasteiger partial charge is 0.355 e. The maximum Gasteiger partial charge on any atom is 0.355 e. The van der Waals surface area contributed by atoms with E-state index in [1.54, 1.807) is 6.92 Å². The molecule has 0 amide bonds. The van der Waals surface area contributed by atoms with E-state index >= 15 is 0 Å². The monoisotopic (exact) mass is 689 g/mol. The zero-order valence-electron chi connectivity index (χ0n) is 30.6. The number of hydrogen-bond donors (Lipinski definition) is 1. The van der Waals surface area contributed by atoms with Gasteiger partial charge in [-0.05, 0) is 107 Å². The Morgan fingerprint density at radius 3 is 2.35 bits per heavy atom. The molecule has 0 saturated carbocycles. The molecule has 3 aromatic rings. The van der Waals surface area contributed by atoms with Crippen molar-refractivity contribution in [2.24, 2.45) is 5.41 Å². The number of nitrogens with zero attached hydrogens (tertiary/aromatic N) is 3. The van der Waals surface area contributed by atoms with E-state index in [4.69, 9.17) is 26.1 Å². The Labute approximate surface area is 296 Å². The molecular formula is C40H52ClN3O5. The number of carboxylic acids is 1. The molecule has 2 aliphatic heterocycles. The van der Waals surface area contributed by atoms with Crippen LogP contribution in [0, 0.1) is 19.3 Å². The van der Waals surface area contributed by atoms with E-state index in [2.05, 4.69) is 48.8 Å². The van der Waals surface area contributed by atoms with E-state index in [1.807, 2.05) is 52.8 Å². The summed E-state index contributed by atoms with van der Waals surface area (Å²) in [5.41, 5.74) is 7.12. The average molecular weight is 690 g/mol. The number of fused-ring (bicyclic) bond motifs is 1. The normalized spacial score (nSPS) is 17.2. The SMILES string of the molecule is Cc1cccc(Cl)c1CN1CCc2cc(-c3c(C(=O)O)nc(C)c([C@H](OC(C)(C)C)C(=O)OC(C)C)c3N3CCC(C)(C)CC3)ccc2C1. The van der Waals surface area contributed by atoms with E-state index in [-0.39, 0.29) is 17.2 Å². The molecule has 0 spiro atoms. The minimum atomic E-state index is -1.11. The van der Waals surface area contributed by atoms with Gasteiger partial charge < -0.3 is 19.5 Å². The Morgan fingerprint density at radius 2 is 1.73 bits per heavy atom. The Hall–Kier alpha value is -3.46. The molecule has 2 aliphatic rings. The molecule has 0 aliphatic carbocycles. The summed E-state index contributed by atoms with van der Waals surface area (Å²) in [7, 11) is 0. The van der Waals surface area contributed by atoms with E-state index in [1.165, 1.54) is 16.7 Å². The first-order valence-electron chi connectivity index (χ1n) is 17.4. The quantitative estimate of drug-likeness (QED) is 0.223. The number of pyridine rings is 1. The third kappa shape index (κ3) is 8.47. The van der Waals surface area contributed by atoms with Crippen LogP contribution in [0.2, 0.25) is 5.02 Å². The van der Waals surface area contributed by atoms with Crippen LogP contribution in [-0.4, -0.2) is 58.3 Å². The molecule has 8 nitrogen and oxygen atoms in total. The first kappa shape index (κ1) is 36.8. The molecule has 0 bridgehead atoms. The maximum absolute atomic E-state index is 13.9. The lowest BCUT2D eigenvalue weighted by Crippen LogP contribution is -2.40. The number of benzene rings is 2. The molecule has 1 fully saturated rings. The van der Waals surface area contributed by atoms with Crippen molar-refractivity contribution in [1.29, 1.82) is 0 Å². The Balaban J connectivity index is 1.66. The van der Waals surface area contributed by atoms with Gasteiger partial charge in [-0.2, -0.15) is 0 Å². The van der Waals surface area contributed by atoms with Crippen LogP contribution in [-0.2, 0) is 33.8 Å². The van der Waals surface area contributed by atoms with Crippen LogP contribution in [0.25, 0.3) is 11.1 Å². The summed E-state index contributed by atoms with van der Waals surface area (Å²) in [6.07, 6.45) is 1.20. The first-order valence-corrected chi connectivity index (χ1v) is 17.8. The standard InChI is InChI=1S/C40H52ClN3O5/c1-24(2)48-38(47)36(49-39(5,6)7)32-26(4)42-34(37(45)46)33(35(32)44-19-16-40(8,9)17-20-44)28-13-14-29-22-43(18-15-27(29)21-28)23-30-25(3)11-10-12-31(30)41/h10-14,21,24,36H,15-20,22-23H2,1-9H3,(H,45,46)/t36-/m0/s1. The minimum absolute atomic E-state index is 0.0283. The molecular weight excluding hydrogens is 638 g/mol. The molecule has 2 aromatic carbocycles. The number of carbonyl (C=O) groups excluding carboxylic acids is 1. The number of ether oxygens (including phenoxy) is 2. The summed E-state index contributed by atoms with van der Waals surface area (Å²) in [5.74, 6) is -1.62. The van der Waals surface area contributed by atoms with Crippen molar-refractivity contribution in [2.45, 2.75) is 112 Å².